The zero-order valence-corrected chi connectivity index (χ0v) is 13.0. The third-order valence-electron chi connectivity index (χ3n) is 3.75. The molecule has 0 radical (unpaired) electrons. The second-order valence-corrected chi connectivity index (χ2v) is 5.74. The molecule has 4 aromatic rings. The highest BCUT2D eigenvalue weighted by atomic mass is 35.5. The minimum absolute atomic E-state index is 0.197. The maximum absolute atomic E-state index is 13.0. The number of rotatable bonds is 2. The Morgan fingerprint density at radius 2 is 1.46 bits per heavy atom. The molecule has 4 rings (SSSR count). The molecule has 0 bridgehead atoms. The van der Waals surface area contributed by atoms with Crippen LogP contribution in [0.15, 0.2) is 54.6 Å². The van der Waals surface area contributed by atoms with Gasteiger partial charge in [0.2, 0.25) is 0 Å². The van der Waals surface area contributed by atoms with Gasteiger partial charge in [-0.25, -0.2) is 9.37 Å². The van der Waals surface area contributed by atoms with E-state index < -0.39 is 0 Å². The summed E-state index contributed by atoms with van der Waals surface area (Å²) in [5.74, 6) is -0.262. The Bertz CT molecular complexity index is 1030. The highest BCUT2D eigenvalue weighted by Gasteiger charge is 2.11. The molecule has 0 amide bonds. The lowest BCUT2D eigenvalue weighted by molar-refractivity contribution is 0.438. The molecular weight excluding hydrogens is 329 g/mol. The molecule has 6 heteroatoms. The van der Waals surface area contributed by atoms with Gasteiger partial charge in [0.25, 0.3) is 6.01 Å². The van der Waals surface area contributed by atoms with Crippen LogP contribution in [0.25, 0.3) is 33.5 Å². The number of hydrogen-bond acceptors (Lipinski definition) is 3. The van der Waals surface area contributed by atoms with E-state index in [4.69, 9.17) is 11.6 Å². The van der Waals surface area contributed by atoms with Gasteiger partial charge in [0.1, 0.15) is 5.82 Å². The first-order chi connectivity index (χ1) is 11.6. The van der Waals surface area contributed by atoms with Crippen LogP contribution < -0.4 is 0 Å². The van der Waals surface area contributed by atoms with Crippen molar-refractivity contribution in [2.24, 2.45) is 0 Å². The first kappa shape index (κ1) is 14.7. The maximum atomic E-state index is 13.0. The molecule has 0 spiro atoms. The number of aromatic amines is 1. The average molecular weight is 340 g/mol. The number of aromatic hydroxyl groups is 1. The maximum Gasteiger partial charge on any atom is 0.293 e. The number of aromatic nitrogens is 3. The normalized spacial score (nSPS) is 11.1. The Balaban J connectivity index is 1.74. The van der Waals surface area contributed by atoms with E-state index in [1.165, 1.54) is 12.1 Å². The first-order valence-electron chi connectivity index (χ1n) is 7.22. The van der Waals surface area contributed by atoms with Crippen molar-refractivity contribution in [3.8, 4) is 28.4 Å². The summed E-state index contributed by atoms with van der Waals surface area (Å²) in [5, 5.41) is 9.87. The van der Waals surface area contributed by atoms with Gasteiger partial charge in [-0.1, -0.05) is 48.0 Å². The van der Waals surface area contributed by atoms with E-state index in [0.717, 1.165) is 16.7 Å². The van der Waals surface area contributed by atoms with E-state index in [0.29, 0.717) is 21.9 Å². The van der Waals surface area contributed by atoms with Gasteiger partial charge >= 0.3 is 0 Å². The van der Waals surface area contributed by atoms with Crippen LogP contribution in [0.5, 0.6) is 6.01 Å². The van der Waals surface area contributed by atoms with Crippen molar-refractivity contribution in [1.29, 1.82) is 0 Å². The van der Waals surface area contributed by atoms with Crippen molar-refractivity contribution >= 4 is 22.8 Å². The molecule has 0 aliphatic carbocycles. The first-order valence-corrected chi connectivity index (χ1v) is 7.59. The fourth-order valence-electron chi connectivity index (χ4n) is 2.57. The molecule has 0 aliphatic rings. The molecule has 118 valence electrons. The van der Waals surface area contributed by atoms with Crippen molar-refractivity contribution < 1.29 is 9.50 Å². The number of hydrogen-bond donors (Lipinski definition) is 2. The van der Waals surface area contributed by atoms with Crippen LogP contribution in [0.3, 0.4) is 0 Å². The van der Waals surface area contributed by atoms with Gasteiger partial charge in [-0.2, -0.15) is 4.98 Å². The highest BCUT2D eigenvalue weighted by molar-refractivity contribution is 6.33. The van der Waals surface area contributed by atoms with Gasteiger partial charge in [-0.15, -0.1) is 0 Å². The lowest BCUT2D eigenvalue weighted by atomic mass is 10.0. The minimum atomic E-state index is -0.262. The average Bonchev–Trinajstić information content (AvgIpc) is 2.94. The summed E-state index contributed by atoms with van der Waals surface area (Å²) in [4.78, 5) is 11.0. The molecule has 24 heavy (non-hydrogen) atoms. The molecule has 2 heterocycles. The van der Waals surface area contributed by atoms with Gasteiger partial charge in [-0.05, 0) is 29.3 Å². The fourth-order valence-corrected chi connectivity index (χ4v) is 2.83. The second-order valence-electron chi connectivity index (χ2n) is 5.33. The summed E-state index contributed by atoms with van der Waals surface area (Å²) in [6.45, 7) is 0. The number of pyridine rings is 1. The van der Waals surface area contributed by atoms with Gasteiger partial charge in [0.05, 0.1) is 16.2 Å². The lowest BCUT2D eigenvalue weighted by Gasteiger charge is -2.06. The summed E-state index contributed by atoms with van der Waals surface area (Å²) in [6.07, 6.45) is 0. The SMILES string of the molecule is Oc1nc2nc(-c3ccc(-c4ccc(F)cc4)cc3)c(Cl)cc2[nH]1. The van der Waals surface area contributed by atoms with Crippen LogP contribution in [0.4, 0.5) is 4.39 Å². The molecule has 2 N–H and O–H groups in total. The van der Waals surface area contributed by atoms with Crippen molar-refractivity contribution in [3.63, 3.8) is 0 Å². The molecule has 4 nitrogen and oxygen atoms in total. The highest BCUT2D eigenvalue weighted by Crippen LogP contribution is 2.31. The predicted molar refractivity (Wildman–Crippen MR) is 91.4 cm³/mol. The van der Waals surface area contributed by atoms with E-state index in [9.17, 15) is 9.50 Å². The number of halogens is 2. The minimum Gasteiger partial charge on any atom is -0.480 e. The largest absolute Gasteiger partial charge is 0.480 e. The molecule has 0 saturated carbocycles. The van der Waals surface area contributed by atoms with Crippen molar-refractivity contribution in [3.05, 3.63) is 65.4 Å². The number of imidazole rings is 1. The molecule has 0 fully saturated rings. The zero-order chi connectivity index (χ0) is 16.7. The monoisotopic (exact) mass is 339 g/mol. The van der Waals surface area contributed by atoms with Crippen LogP contribution in [0, 0.1) is 5.82 Å². The summed E-state index contributed by atoms with van der Waals surface area (Å²) >= 11 is 6.29. The summed E-state index contributed by atoms with van der Waals surface area (Å²) < 4.78 is 13.0. The fraction of sp³-hybridized carbons (Fsp3) is 0. The number of H-pyrrole nitrogens is 1. The van der Waals surface area contributed by atoms with Crippen molar-refractivity contribution in [2.75, 3.05) is 0 Å². The van der Waals surface area contributed by atoms with E-state index >= 15 is 0 Å². The molecule has 0 unspecified atom stereocenters. The number of benzene rings is 2. The van der Waals surface area contributed by atoms with Crippen molar-refractivity contribution in [1.82, 2.24) is 15.0 Å². The van der Waals surface area contributed by atoms with Crippen LogP contribution in [-0.2, 0) is 0 Å². The van der Waals surface area contributed by atoms with Crippen LogP contribution in [0.1, 0.15) is 0 Å². The molecular formula is C18H11ClFN3O. The second kappa shape index (κ2) is 5.62. The summed E-state index contributed by atoms with van der Waals surface area (Å²) in [7, 11) is 0. The number of nitrogens with zero attached hydrogens (tertiary/aromatic N) is 2. The number of nitrogens with one attached hydrogen (secondary N) is 1. The van der Waals surface area contributed by atoms with E-state index in [-0.39, 0.29) is 11.8 Å². The van der Waals surface area contributed by atoms with E-state index in [1.807, 2.05) is 24.3 Å². The standard InChI is InChI=1S/C18H11ClFN3O/c19-14-9-15-17(23-18(24)21-15)22-16(14)12-3-1-10(2-4-12)11-5-7-13(20)8-6-11/h1-9H,(H2,21,22,23,24). The van der Waals surface area contributed by atoms with Gasteiger partial charge in [-0.3, -0.25) is 0 Å². The molecule has 2 aromatic carbocycles. The predicted octanol–water partition coefficient (Wildman–Crippen LogP) is 4.79. The lowest BCUT2D eigenvalue weighted by Crippen LogP contribution is -1.87. The summed E-state index contributed by atoms with van der Waals surface area (Å²) in [6, 6.07) is 15.4. The van der Waals surface area contributed by atoms with Gasteiger partial charge in [0, 0.05) is 5.56 Å². The van der Waals surface area contributed by atoms with Gasteiger partial charge < -0.3 is 10.1 Å². The third kappa shape index (κ3) is 2.59. The Morgan fingerprint density at radius 3 is 2.12 bits per heavy atom. The smallest absolute Gasteiger partial charge is 0.293 e. The third-order valence-corrected chi connectivity index (χ3v) is 4.04. The van der Waals surface area contributed by atoms with E-state index in [1.54, 1.807) is 18.2 Å². The van der Waals surface area contributed by atoms with Crippen LogP contribution in [-0.4, -0.2) is 20.1 Å². The molecule has 0 atom stereocenters. The molecule has 0 aliphatic heterocycles. The Labute approximate surface area is 141 Å². The quantitative estimate of drug-likeness (QED) is 0.552. The van der Waals surface area contributed by atoms with Crippen molar-refractivity contribution in [2.45, 2.75) is 0 Å². The molecule has 2 aromatic heterocycles. The van der Waals surface area contributed by atoms with Gasteiger partial charge in [0.15, 0.2) is 5.65 Å². The molecule has 0 saturated heterocycles. The Hall–Kier alpha value is -2.92. The Kier molecular flexibility index (Phi) is 3.43. The zero-order valence-electron chi connectivity index (χ0n) is 12.3. The number of fused-ring (bicyclic) bond motifs is 1. The Morgan fingerprint density at radius 1 is 0.875 bits per heavy atom. The van der Waals surface area contributed by atoms with E-state index in [2.05, 4.69) is 15.0 Å². The summed E-state index contributed by atoms with van der Waals surface area (Å²) in [5.41, 5.74) is 4.28. The van der Waals surface area contributed by atoms with Crippen LogP contribution >= 0.6 is 11.6 Å². The topological polar surface area (TPSA) is 61.8 Å². The van der Waals surface area contributed by atoms with Crippen LogP contribution in [0.2, 0.25) is 5.02 Å².